The lowest BCUT2D eigenvalue weighted by Gasteiger charge is -2.35. The molecule has 0 radical (unpaired) electrons. The van der Waals surface area contributed by atoms with E-state index in [0.29, 0.717) is 19.8 Å². The van der Waals surface area contributed by atoms with Crippen LogP contribution in [0.15, 0.2) is 0 Å². The number of aliphatic hydroxyl groups excluding tert-OH is 1. The second-order valence-corrected chi connectivity index (χ2v) is 4.05. The van der Waals surface area contributed by atoms with E-state index >= 15 is 0 Å². The fourth-order valence-corrected chi connectivity index (χ4v) is 1.97. The van der Waals surface area contributed by atoms with Crippen molar-refractivity contribution in [3.05, 3.63) is 0 Å². The third-order valence-electron chi connectivity index (χ3n) is 2.96. The van der Waals surface area contributed by atoms with Crippen molar-refractivity contribution in [1.29, 1.82) is 0 Å². The maximum atomic E-state index is 9.21. The number of ether oxygens (including phenoxy) is 2. The van der Waals surface area contributed by atoms with Crippen LogP contribution >= 0.6 is 0 Å². The zero-order chi connectivity index (χ0) is 11.8. The third kappa shape index (κ3) is 4.35. The Morgan fingerprint density at radius 2 is 2.44 bits per heavy atom. The van der Waals surface area contributed by atoms with E-state index in [1.54, 1.807) is 0 Å². The Balaban J connectivity index is 2.28. The Morgan fingerprint density at radius 3 is 3.06 bits per heavy atom. The molecule has 16 heavy (non-hydrogen) atoms. The van der Waals surface area contributed by atoms with Crippen molar-refractivity contribution in [1.82, 2.24) is 4.90 Å². The number of nitrogens with zero attached hydrogens (tertiary/aromatic N) is 1. The average Bonchev–Trinajstić information content (AvgIpc) is 2.34. The molecule has 96 valence electrons. The monoisotopic (exact) mass is 232 g/mol. The fourth-order valence-electron chi connectivity index (χ4n) is 1.97. The normalized spacial score (nSPS) is 24.6. The van der Waals surface area contributed by atoms with Crippen molar-refractivity contribution in [2.24, 2.45) is 5.73 Å². The van der Waals surface area contributed by atoms with Gasteiger partial charge in [-0.25, -0.2) is 0 Å². The summed E-state index contributed by atoms with van der Waals surface area (Å²) in [7, 11) is 0. The average molecular weight is 232 g/mol. The van der Waals surface area contributed by atoms with Crippen LogP contribution in [0.1, 0.15) is 13.3 Å². The van der Waals surface area contributed by atoms with Gasteiger partial charge in [0.05, 0.1) is 32.0 Å². The quantitative estimate of drug-likeness (QED) is 0.615. The summed E-state index contributed by atoms with van der Waals surface area (Å²) in [6, 6.07) is 0.133. The Bertz CT molecular complexity index is 181. The number of nitrogens with two attached hydrogens (primary N) is 1. The van der Waals surface area contributed by atoms with Crippen molar-refractivity contribution in [3.8, 4) is 0 Å². The predicted octanol–water partition coefficient (Wildman–Crippen LogP) is -0.567. The van der Waals surface area contributed by atoms with Crippen LogP contribution in [0.4, 0.5) is 0 Å². The van der Waals surface area contributed by atoms with Gasteiger partial charge in [-0.3, -0.25) is 4.90 Å². The van der Waals surface area contributed by atoms with Gasteiger partial charge < -0.3 is 20.3 Å². The van der Waals surface area contributed by atoms with Gasteiger partial charge in [-0.05, 0) is 13.3 Å². The molecule has 1 fully saturated rings. The summed E-state index contributed by atoms with van der Waals surface area (Å²) in [6.07, 6.45) is 1.05. The molecule has 0 bridgehead atoms. The highest BCUT2D eigenvalue weighted by molar-refractivity contribution is 4.75. The SMILES string of the molecule is CCOC(CN)CCN1CCOCC1CO. The maximum Gasteiger partial charge on any atom is 0.0709 e. The van der Waals surface area contributed by atoms with Crippen LogP contribution in [-0.4, -0.2) is 68.2 Å². The van der Waals surface area contributed by atoms with E-state index in [0.717, 1.165) is 26.1 Å². The first-order chi connectivity index (χ1) is 7.81. The fraction of sp³-hybridized carbons (Fsp3) is 1.00. The Kier molecular flexibility index (Phi) is 6.91. The molecule has 1 saturated heterocycles. The molecule has 1 aliphatic rings. The van der Waals surface area contributed by atoms with Crippen LogP contribution in [0.3, 0.4) is 0 Å². The van der Waals surface area contributed by atoms with Crippen molar-refractivity contribution in [3.63, 3.8) is 0 Å². The predicted molar refractivity (Wildman–Crippen MR) is 62.4 cm³/mol. The van der Waals surface area contributed by atoms with Gasteiger partial charge in [0, 0.05) is 26.2 Å². The second-order valence-electron chi connectivity index (χ2n) is 4.05. The van der Waals surface area contributed by atoms with Crippen LogP contribution in [0, 0.1) is 0 Å². The maximum absolute atomic E-state index is 9.21. The minimum Gasteiger partial charge on any atom is -0.395 e. The first kappa shape index (κ1) is 13.9. The summed E-state index contributed by atoms with van der Waals surface area (Å²) in [5.41, 5.74) is 5.62. The molecule has 0 spiro atoms. The van der Waals surface area contributed by atoms with Crippen molar-refractivity contribution in [2.45, 2.75) is 25.5 Å². The highest BCUT2D eigenvalue weighted by atomic mass is 16.5. The molecule has 1 heterocycles. The minimum absolute atomic E-state index is 0.132. The molecular weight excluding hydrogens is 208 g/mol. The first-order valence-corrected chi connectivity index (χ1v) is 6.06. The summed E-state index contributed by atoms with van der Waals surface area (Å²) in [6.45, 7) is 6.56. The van der Waals surface area contributed by atoms with Gasteiger partial charge in [0.1, 0.15) is 0 Å². The number of aliphatic hydroxyl groups is 1. The molecule has 2 unspecified atom stereocenters. The van der Waals surface area contributed by atoms with Crippen LogP contribution in [-0.2, 0) is 9.47 Å². The highest BCUT2D eigenvalue weighted by Gasteiger charge is 2.22. The van der Waals surface area contributed by atoms with Gasteiger partial charge in [0.15, 0.2) is 0 Å². The summed E-state index contributed by atoms with van der Waals surface area (Å²) < 4.78 is 10.8. The van der Waals surface area contributed by atoms with Crippen LogP contribution < -0.4 is 5.73 Å². The Morgan fingerprint density at radius 1 is 1.62 bits per heavy atom. The summed E-state index contributed by atoms with van der Waals surface area (Å²) >= 11 is 0. The number of morpholine rings is 1. The molecule has 1 rings (SSSR count). The minimum atomic E-state index is 0.132. The first-order valence-electron chi connectivity index (χ1n) is 6.06. The zero-order valence-corrected chi connectivity index (χ0v) is 10.1. The van der Waals surface area contributed by atoms with E-state index in [1.165, 1.54) is 0 Å². The largest absolute Gasteiger partial charge is 0.395 e. The van der Waals surface area contributed by atoms with Crippen molar-refractivity contribution in [2.75, 3.05) is 46.1 Å². The molecule has 0 aliphatic carbocycles. The van der Waals surface area contributed by atoms with Crippen LogP contribution in [0.5, 0.6) is 0 Å². The van der Waals surface area contributed by atoms with Gasteiger partial charge in [0.25, 0.3) is 0 Å². The molecule has 1 aliphatic heterocycles. The molecule has 5 nitrogen and oxygen atoms in total. The molecule has 3 N–H and O–H groups in total. The van der Waals surface area contributed by atoms with Gasteiger partial charge in [-0.2, -0.15) is 0 Å². The molecule has 0 aromatic carbocycles. The van der Waals surface area contributed by atoms with Gasteiger partial charge in [0.2, 0.25) is 0 Å². The topological polar surface area (TPSA) is 68.0 Å². The van der Waals surface area contributed by atoms with E-state index in [9.17, 15) is 5.11 Å². The summed E-state index contributed by atoms with van der Waals surface area (Å²) in [5, 5.41) is 9.21. The third-order valence-corrected chi connectivity index (χ3v) is 2.96. The lowest BCUT2D eigenvalue weighted by Crippen LogP contribution is -2.48. The van der Waals surface area contributed by atoms with E-state index in [2.05, 4.69) is 4.90 Å². The molecule has 0 aromatic heterocycles. The second kappa shape index (κ2) is 7.97. The van der Waals surface area contributed by atoms with Crippen LogP contribution in [0.25, 0.3) is 0 Å². The van der Waals surface area contributed by atoms with E-state index < -0.39 is 0 Å². The lowest BCUT2D eigenvalue weighted by atomic mass is 10.2. The highest BCUT2D eigenvalue weighted by Crippen LogP contribution is 2.08. The Labute approximate surface area is 97.5 Å². The molecule has 0 amide bonds. The zero-order valence-electron chi connectivity index (χ0n) is 10.1. The summed E-state index contributed by atoms with van der Waals surface area (Å²) in [4.78, 5) is 2.26. The smallest absolute Gasteiger partial charge is 0.0709 e. The lowest BCUT2D eigenvalue weighted by molar-refractivity contribution is -0.0354. The van der Waals surface area contributed by atoms with Crippen molar-refractivity contribution < 1.29 is 14.6 Å². The van der Waals surface area contributed by atoms with Gasteiger partial charge in [-0.1, -0.05) is 0 Å². The number of hydrogen-bond donors (Lipinski definition) is 2. The van der Waals surface area contributed by atoms with Crippen molar-refractivity contribution >= 4 is 0 Å². The molecule has 0 saturated carbocycles. The molecule has 5 heteroatoms. The van der Waals surface area contributed by atoms with Crippen LogP contribution in [0.2, 0.25) is 0 Å². The standard InChI is InChI=1S/C11H24N2O3/c1-2-16-11(7-12)3-4-13-5-6-15-9-10(13)8-14/h10-11,14H,2-9,12H2,1H3. The van der Waals surface area contributed by atoms with E-state index in [-0.39, 0.29) is 18.8 Å². The van der Waals surface area contributed by atoms with E-state index in [4.69, 9.17) is 15.2 Å². The molecule has 2 atom stereocenters. The summed E-state index contributed by atoms with van der Waals surface area (Å²) in [5.74, 6) is 0. The molecule has 0 aromatic rings. The van der Waals surface area contributed by atoms with Gasteiger partial charge >= 0.3 is 0 Å². The molecular formula is C11H24N2O3. The van der Waals surface area contributed by atoms with E-state index in [1.807, 2.05) is 6.92 Å². The van der Waals surface area contributed by atoms with Gasteiger partial charge in [-0.15, -0.1) is 0 Å². The number of hydrogen-bond acceptors (Lipinski definition) is 5. The number of rotatable bonds is 7. The Hall–Kier alpha value is -0.200.